The number of halogens is 1. The largest absolute Gasteiger partial charge is 0.491 e. The number of carbonyl (C=O) groups is 1. The number of aliphatic hydroxyl groups is 1. The van der Waals surface area contributed by atoms with Crippen molar-refractivity contribution in [3.63, 3.8) is 0 Å². The molecule has 0 saturated heterocycles. The molecular weight excluding hydrogens is 640 g/mol. The summed E-state index contributed by atoms with van der Waals surface area (Å²) in [7, 11) is -2.32. The van der Waals surface area contributed by atoms with Crippen LogP contribution in [0.3, 0.4) is 0 Å². The van der Waals surface area contributed by atoms with Gasteiger partial charge in [0.15, 0.2) is 0 Å². The Morgan fingerprint density at radius 3 is 2.64 bits per heavy atom. The molecule has 5 rings (SSSR count). The highest BCUT2D eigenvalue weighted by atomic mass is 35.5. The first-order valence-corrected chi connectivity index (χ1v) is 19.0. The molecule has 1 aliphatic carbocycles. The van der Waals surface area contributed by atoms with E-state index in [-0.39, 0.29) is 35.8 Å². The van der Waals surface area contributed by atoms with Crippen molar-refractivity contribution in [2.24, 2.45) is 17.8 Å². The molecule has 1 fully saturated rings. The van der Waals surface area contributed by atoms with Crippen LogP contribution in [0.5, 0.6) is 5.75 Å². The number of nitrogens with zero attached hydrogens (tertiary/aromatic N) is 1. The van der Waals surface area contributed by atoms with Gasteiger partial charge in [0.05, 0.1) is 43.0 Å². The minimum Gasteiger partial charge on any atom is -0.491 e. The predicted octanol–water partition coefficient (Wildman–Crippen LogP) is 5.96. The van der Waals surface area contributed by atoms with Gasteiger partial charge in [0.1, 0.15) is 5.75 Å². The lowest BCUT2D eigenvalue weighted by Gasteiger charge is -2.49. The molecule has 11 heteroatoms. The molecule has 260 valence electrons. The fraction of sp³-hybridized carbons (Fsp3) is 0.639. The third-order valence-corrected chi connectivity index (χ3v) is 12.8. The first kappa shape index (κ1) is 35.9. The van der Waals surface area contributed by atoms with E-state index in [1.807, 2.05) is 19.1 Å². The van der Waals surface area contributed by atoms with Gasteiger partial charge in [-0.3, -0.25) is 4.79 Å². The number of amides is 1. The number of hydrogen-bond acceptors (Lipinski definition) is 8. The first-order valence-electron chi connectivity index (χ1n) is 17.1. The van der Waals surface area contributed by atoms with Crippen molar-refractivity contribution in [2.75, 3.05) is 51.5 Å². The molecule has 9 nitrogen and oxygen atoms in total. The maximum absolute atomic E-state index is 13.4. The Morgan fingerprint density at radius 2 is 1.91 bits per heavy atom. The number of hydrogen-bond donors (Lipinski definition) is 2. The lowest BCUT2D eigenvalue weighted by molar-refractivity contribution is -0.135. The van der Waals surface area contributed by atoms with Crippen LogP contribution < -0.4 is 14.4 Å². The zero-order chi connectivity index (χ0) is 33.8. The van der Waals surface area contributed by atoms with Crippen LogP contribution in [0.1, 0.15) is 86.7 Å². The summed E-state index contributed by atoms with van der Waals surface area (Å²) in [5.74, 6) is 0.0176. The Balaban J connectivity index is 1.54. The van der Waals surface area contributed by atoms with Crippen molar-refractivity contribution in [3.05, 3.63) is 58.1 Å². The van der Waals surface area contributed by atoms with Crippen LogP contribution in [0, 0.1) is 17.8 Å². The van der Waals surface area contributed by atoms with E-state index in [1.54, 1.807) is 32.2 Å². The molecule has 6 atom stereocenters. The molecule has 2 heterocycles. The van der Waals surface area contributed by atoms with E-state index >= 15 is 0 Å². The molecule has 0 spiro atoms. The van der Waals surface area contributed by atoms with E-state index in [4.69, 9.17) is 25.8 Å². The van der Waals surface area contributed by atoms with Crippen LogP contribution in [0.2, 0.25) is 5.02 Å². The minimum absolute atomic E-state index is 0.0122. The lowest BCUT2D eigenvalue weighted by atomic mass is 9.63. The van der Waals surface area contributed by atoms with Gasteiger partial charge in [-0.25, -0.2) is 13.1 Å². The number of nitrogens with one attached hydrogen (secondary N) is 1. The number of ether oxygens (including phenoxy) is 3. The molecule has 1 saturated carbocycles. The van der Waals surface area contributed by atoms with Crippen LogP contribution >= 0.6 is 11.6 Å². The summed E-state index contributed by atoms with van der Waals surface area (Å²) < 4.78 is 46.6. The summed E-state index contributed by atoms with van der Waals surface area (Å²) in [5.41, 5.74) is 2.35. The third-order valence-electron chi connectivity index (χ3n) is 10.6. The van der Waals surface area contributed by atoms with Crippen molar-refractivity contribution >= 4 is 33.2 Å². The predicted molar refractivity (Wildman–Crippen MR) is 185 cm³/mol. The van der Waals surface area contributed by atoms with Gasteiger partial charge in [0.2, 0.25) is 10.0 Å². The molecule has 0 unspecified atom stereocenters. The quantitative estimate of drug-likeness (QED) is 0.326. The van der Waals surface area contributed by atoms with E-state index < -0.39 is 26.8 Å². The summed E-state index contributed by atoms with van der Waals surface area (Å²) in [6, 6.07) is 11.2. The highest BCUT2D eigenvalue weighted by Crippen LogP contribution is 2.47. The van der Waals surface area contributed by atoms with Gasteiger partial charge in [-0.15, -0.1) is 0 Å². The van der Waals surface area contributed by atoms with Crippen LogP contribution in [-0.2, 0) is 25.9 Å². The standard InChI is InChI=1S/C36H51ClN2O7S/c1-5-7-26-18-30(37)11-12-31(26)29-21-39-20-28-9-13-32(28)36(41,23-45-17-16-44-4)15-6-8-24(2)25(3)47(42,43)38-35(40)27-10-14-34(46-22-29)33(39)19-27/h10-12,14,18-19,24-25,28-29,32,41H,5-9,13,15-17,20-23H2,1-4H3,(H,38,40)/t24-,25+,28-,29-,32+,36+/m0/s1. The number of rotatable bonds is 8. The number of fused-ring (bicyclic) bond motifs is 2. The van der Waals surface area contributed by atoms with Crippen LogP contribution in [0.25, 0.3) is 0 Å². The number of benzene rings is 2. The van der Waals surface area contributed by atoms with Gasteiger partial charge in [-0.2, -0.15) is 0 Å². The van der Waals surface area contributed by atoms with Gasteiger partial charge in [0.25, 0.3) is 5.91 Å². The summed E-state index contributed by atoms with van der Waals surface area (Å²) in [4.78, 5) is 15.7. The van der Waals surface area contributed by atoms with Crippen molar-refractivity contribution < 1.29 is 32.5 Å². The Kier molecular flexibility index (Phi) is 11.8. The molecule has 2 aromatic carbocycles. The zero-order valence-electron chi connectivity index (χ0n) is 28.2. The molecule has 3 aliphatic rings. The second-order valence-electron chi connectivity index (χ2n) is 13.8. The van der Waals surface area contributed by atoms with Crippen molar-refractivity contribution in [2.45, 2.75) is 82.5 Å². The molecule has 0 aromatic heterocycles. The number of aryl methyl sites for hydroxylation is 1. The molecule has 1 amide bonds. The average molecular weight is 691 g/mol. The SMILES string of the molecule is CCCc1cc(Cl)ccc1[C@@H]1COc2ccc3cc2N(C1)C[C@@H]1CC[C@H]1[C@](O)(COCCOC)CCC[C@H](C)[C@@H](C)S(=O)(=O)NC3=O. The normalized spacial score (nSPS) is 29.5. The fourth-order valence-electron chi connectivity index (χ4n) is 7.54. The van der Waals surface area contributed by atoms with E-state index in [0.29, 0.717) is 62.9 Å². The molecule has 2 bridgehead atoms. The summed E-state index contributed by atoms with van der Waals surface area (Å²) in [6.45, 7) is 8.46. The molecule has 0 radical (unpaired) electrons. The van der Waals surface area contributed by atoms with Crippen molar-refractivity contribution in [3.8, 4) is 5.75 Å². The second kappa shape index (κ2) is 15.5. The maximum Gasteiger partial charge on any atom is 0.264 e. The van der Waals surface area contributed by atoms with E-state index in [1.165, 1.54) is 11.1 Å². The average Bonchev–Trinajstić information content (AvgIpc) is 3.19. The molecular formula is C36H51ClN2O7S. The minimum atomic E-state index is -3.95. The van der Waals surface area contributed by atoms with Gasteiger partial charge in [-0.05, 0) is 98.2 Å². The third kappa shape index (κ3) is 8.27. The fourth-order valence-corrected chi connectivity index (χ4v) is 9.04. The monoisotopic (exact) mass is 690 g/mol. The van der Waals surface area contributed by atoms with E-state index in [9.17, 15) is 18.3 Å². The Labute approximate surface area is 285 Å². The number of anilines is 1. The molecule has 47 heavy (non-hydrogen) atoms. The number of carbonyl (C=O) groups excluding carboxylic acids is 1. The molecule has 2 aliphatic heterocycles. The van der Waals surface area contributed by atoms with Crippen LogP contribution in [-0.4, -0.2) is 76.9 Å². The highest BCUT2D eigenvalue weighted by molar-refractivity contribution is 7.90. The lowest BCUT2D eigenvalue weighted by Crippen LogP contribution is -2.53. The van der Waals surface area contributed by atoms with Crippen LogP contribution in [0.4, 0.5) is 5.69 Å². The zero-order valence-corrected chi connectivity index (χ0v) is 29.7. The van der Waals surface area contributed by atoms with Crippen molar-refractivity contribution in [1.29, 1.82) is 0 Å². The number of sulfonamides is 1. The Hall–Kier alpha value is -2.37. The first-order chi connectivity index (χ1) is 22.5. The smallest absolute Gasteiger partial charge is 0.264 e. The van der Waals surface area contributed by atoms with Gasteiger partial charge in [-0.1, -0.05) is 44.4 Å². The van der Waals surface area contributed by atoms with Gasteiger partial charge < -0.3 is 24.2 Å². The van der Waals surface area contributed by atoms with Gasteiger partial charge in [0, 0.05) is 36.7 Å². The maximum atomic E-state index is 13.4. The Bertz CT molecular complexity index is 1500. The van der Waals surface area contributed by atoms with Crippen LogP contribution in [0.15, 0.2) is 36.4 Å². The van der Waals surface area contributed by atoms with E-state index in [2.05, 4.69) is 22.6 Å². The van der Waals surface area contributed by atoms with Gasteiger partial charge >= 0.3 is 0 Å². The highest BCUT2D eigenvalue weighted by Gasteiger charge is 2.47. The topological polar surface area (TPSA) is 114 Å². The molecule has 2 aromatic rings. The summed E-state index contributed by atoms with van der Waals surface area (Å²) in [5, 5.41) is 12.2. The van der Waals surface area contributed by atoms with E-state index in [0.717, 1.165) is 31.4 Å². The van der Waals surface area contributed by atoms with Crippen molar-refractivity contribution in [1.82, 2.24) is 4.72 Å². The summed E-state index contributed by atoms with van der Waals surface area (Å²) >= 11 is 6.42. The Morgan fingerprint density at radius 1 is 1.11 bits per heavy atom. The number of methoxy groups -OCH3 is 1. The summed E-state index contributed by atoms with van der Waals surface area (Å²) in [6.07, 6.45) is 5.48. The molecule has 2 N–H and O–H groups in total. The second-order valence-corrected chi connectivity index (χ2v) is 16.3.